The van der Waals surface area contributed by atoms with Crippen molar-refractivity contribution in [2.75, 3.05) is 0 Å². The molecule has 0 aliphatic rings. The Morgan fingerprint density at radius 2 is 1.75 bits per heavy atom. The van der Waals surface area contributed by atoms with E-state index < -0.39 is 0 Å². The zero-order chi connectivity index (χ0) is 11.4. The molecule has 0 fully saturated rings. The van der Waals surface area contributed by atoms with Gasteiger partial charge in [-0.2, -0.15) is 0 Å². The van der Waals surface area contributed by atoms with E-state index in [1.54, 1.807) is 12.1 Å². The minimum atomic E-state index is -0.298. The number of hydrogen-bond acceptors (Lipinski definition) is 4. The molecule has 16 heavy (non-hydrogen) atoms. The monoisotopic (exact) mass is 217 g/mol. The van der Waals surface area contributed by atoms with Crippen LogP contribution < -0.4 is 0 Å². The molecule has 5 heteroatoms. The number of oxime groups is 1. The highest BCUT2D eigenvalue weighted by molar-refractivity contribution is 5.78. The van der Waals surface area contributed by atoms with Gasteiger partial charge < -0.3 is 5.21 Å². The van der Waals surface area contributed by atoms with Crippen molar-refractivity contribution in [2.24, 2.45) is 5.16 Å². The van der Waals surface area contributed by atoms with Gasteiger partial charge in [-0.3, -0.25) is 0 Å². The smallest absolute Gasteiger partial charge is 0.159 e. The van der Waals surface area contributed by atoms with Gasteiger partial charge in [0.15, 0.2) is 5.82 Å². The van der Waals surface area contributed by atoms with Crippen LogP contribution in [0.2, 0.25) is 0 Å². The average molecular weight is 217 g/mol. The Morgan fingerprint density at radius 1 is 1.12 bits per heavy atom. The minimum absolute atomic E-state index is 0.298. The Hall–Kier alpha value is -2.30. The summed E-state index contributed by atoms with van der Waals surface area (Å²) in [6, 6.07) is 5.90. The molecule has 0 bridgehead atoms. The van der Waals surface area contributed by atoms with E-state index >= 15 is 0 Å². The van der Waals surface area contributed by atoms with Gasteiger partial charge in [0.05, 0.1) is 6.21 Å². The number of benzene rings is 1. The first-order valence-electron chi connectivity index (χ1n) is 4.55. The standard InChI is InChI=1S/C11H8FN3O/c12-10-3-1-9(2-4-10)11-13-5-8(6-14-11)7-15-16/h1-7,16H. The summed E-state index contributed by atoms with van der Waals surface area (Å²) in [5.74, 6) is 0.197. The highest BCUT2D eigenvalue weighted by atomic mass is 19.1. The lowest BCUT2D eigenvalue weighted by Crippen LogP contribution is -1.91. The number of nitrogens with zero attached hydrogens (tertiary/aromatic N) is 3. The summed E-state index contributed by atoms with van der Waals surface area (Å²) in [7, 11) is 0. The number of hydrogen-bond donors (Lipinski definition) is 1. The van der Waals surface area contributed by atoms with Crippen LogP contribution in [0.4, 0.5) is 4.39 Å². The minimum Gasteiger partial charge on any atom is -0.411 e. The van der Waals surface area contributed by atoms with Crippen molar-refractivity contribution in [2.45, 2.75) is 0 Å². The molecule has 1 aromatic heterocycles. The Kier molecular flexibility index (Phi) is 2.86. The molecule has 0 radical (unpaired) electrons. The molecule has 0 saturated carbocycles. The molecular formula is C11H8FN3O. The zero-order valence-electron chi connectivity index (χ0n) is 8.21. The van der Waals surface area contributed by atoms with E-state index in [9.17, 15) is 4.39 Å². The Morgan fingerprint density at radius 3 is 2.31 bits per heavy atom. The molecule has 1 heterocycles. The van der Waals surface area contributed by atoms with Crippen molar-refractivity contribution < 1.29 is 9.60 Å². The van der Waals surface area contributed by atoms with Gasteiger partial charge in [0.1, 0.15) is 5.82 Å². The van der Waals surface area contributed by atoms with Crippen LogP contribution in [0, 0.1) is 5.82 Å². The maximum Gasteiger partial charge on any atom is 0.159 e. The molecule has 0 aliphatic heterocycles. The largest absolute Gasteiger partial charge is 0.411 e. The molecular weight excluding hydrogens is 209 g/mol. The van der Waals surface area contributed by atoms with Crippen molar-refractivity contribution in [1.29, 1.82) is 0 Å². The van der Waals surface area contributed by atoms with Crippen LogP contribution in [0.1, 0.15) is 5.56 Å². The summed E-state index contributed by atoms with van der Waals surface area (Å²) in [4.78, 5) is 8.12. The van der Waals surface area contributed by atoms with Gasteiger partial charge in [-0.15, -0.1) is 0 Å². The van der Waals surface area contributed by atoms with Gasteiger partial charge in [-0.05, 0) is 24.3 Å². The summed E-state index contributed by atoms with van der Waals surface area (Å²) in [5, 5.41) is 11.2. The molecule has 0 amide bonds. The van der Waals surface area contributed by atoms with Crippen LogP contribution in [0.5, 0.6) is 0 Å². The van der Waals surface area contributed by atoms with E-state index in [-0.39, 0.29) is 5.82 Å². The lowest BCUT2D eigenvalue weighted by molar-refractivity contribution is 0.322. The third-order valence-corrected chi connectivity index (χ3v) is 1.98. The Bertz CT molecular complexity index is 494. The second-order valence-corrected chi connectivity index (χ2v) is 3.09. The van der Waals surface area contributed by atoms with Crippen molar-refractivity contribution in [1.82, 2.24) is 9.97 Å². The van der Waals surface area contributed by atoms with Crippen LogP contribution in [-0.4, -0.2) is 21.4 Å². The topological polar surface area (TPSA) is 58.4 Å². The number of rotatable bonds is 2. The predicted molar refractivity (Wildman–Crippen MR) is 56.8 cm³/mol. The molecule has 0 unspecified atom stereocenters. The third kappa shape index (κ3) is 2.20. The summed E-state index contributed by atoms with van der Waals surface area (Å²) in [6.45, 7) is 0. The summed E-state index contributed by atoms with van der Waals surface area (Å²) >= 11 is 0. The van der Waals surface area contributed by atoms with Crippen molar-refractivity contribution in [3.05, 3.63) is 48.0 Å². The lowest BCUT2D eigenvalue weighted by Gasteiger charge is -1.99. The molecule has 0 aliphatic carbocycles. The fourth-order valence-corrected chi connectivity index (χ4v) is 1.22. The molecule has 1 aromatic carbocycles. The first-order valence-corrected chi connectivity index (χ1v) is 4.55. The van der Waals surface area contributed by atoms with Gasteiger partial charge in [0, 0.05) is 23.5 Å². The molecule has 0 saturated heterocycles. The first kappa shape index (κ1) is 10.2. The fraction of sp³-hybridized carbons (Fsp3) is 0. The Balaban J connectivity index is 2.31. The van der Waals surface area contributed by atoms with Gasteiger partial charge in [-0.25, -0.2) is 14.4 Å². The normalized spacial score (nSPS) is 10.8. The van der Waals surface area contributed by atoms with Crippen LogP contribution in [0.25, 0.3) is 11.4 Å². The van der Waals surface area contributed by atoms with E-state index in [1.807, 2.05) is 0 Å². The van der Waals surface area contributed by atoms with Gasteiger partial charge in [0.2, 0.25) is 0 Å². The SMILES string of the molecule is ON=Cc1cnc(-c2ccc(F)cc2)nc1. The summed E-state index contributed by atoms with van der Waals surface area (Å²) in [6.07, 6.45) is 4.27. The van der Waals surface area contributed by atoms with E-state index in [1.165, 1.54) is 30.7 Å². The van der Waals surface area contributed by atoms with Gasteiger partial charge in [0.25, 0.3) is 0 Å². The van der Waals surface area contributed by atoms with Crippen LogP contribution in [0.15, 0.2) is 41.8 Å². The van der Waals surface area contributed by atoms with E-state index in [4.69, 9.17) is 5.21 Å². The highest BCUT2D eigenvalue weighted by Gasteiger charge is 2.00. The van der Waals surface area contributed by atoms with E-state index in [0.717, 1.165) is 5.56 Å². The number of aromatic nitrogens is 2. The molecule has 0 spiro atoms. The molecule has 2 aromatic rings. The van der Waals surface area contributed by atoms with Crippen LogP contribution in [0.3, 0.4) is 0 Å². The summed E-state index contributed by atoms with van der Waals surface area (Å²) in [5.41, 5.74) is 1.32. The molecule has 2 rings (SSSR count). The van der Waals surface area contributed by atoms with E-state index in [0.29, 0.717) is 11.4 Å². The second kappa shape index (κ2) is 4.48. The molecule has 0 atom stereocenters. The van der Waals surface area contributed by atoms with Crippen molar-refractivity contribution in [3.8, 4) is 11.4 Å². The van der Waals surface area contributed by atoms with E-state index in [2.05, 4.69) is 15.1 Å². The molecule has 4 nitrogen and oxygen atoms in total. The number of halogens is 1. The van der Waals surface area contributed by atoms with Crippen molar-refractivity contribution >= 4 is 6.21 Å². The second-order valence-electron chi connectivity index (χ2n) is 3.09. The molecule has 1 N–H and O–H groups in total. The Labute approximate surface area is 91.1 Å². The maximum absolute atomic E-state index is 12.7. The predicted octanol–water partition coefficient (Wildman–Crippen LogP) is 2.09. The summed E-state index contributed by atoms with van der Waals surface area (Å²) < 4.78 is 12.7. The first-order chi connectivity index (χ1) is 7.79. The average Bonchev–Trinajstić information content (AvgIpc) is 2.32. The maximum atomic E-state index is 12.7. The molecule has 80 valence electrons. The van der Waals surface area contributed by atoms with Gasteiger partial charge >= 0.3 is 0 Å². The zero-order valence-corrected chi connectivity index (χ0v) is 8.21. The quantitative estimate of drug-likeness (QED) is 0.476. The fourth-order valence-electron chi connectivity index (χ4n) is 1.22. The van der Waals surface area contributed by atoms with Crippen molar-refractivity contribution in [3.63, 3.8) is 0 Å². The lowest BCUT2D eigenvalue weighted by atomic mass is 10.2. The third-order valence-electron chi connectivity index (χ3n) is 1.98. The van der Waals surface area contributed by atoms with Gasteiger partial charge in [-0.1, -0.05) is 5.16 Å². The highest BCUT2D eigenvalue weighted by Crippen LogP contribution is 2.14. The van der Waals surface area contributed by atoms with Crippen LogP contribution >= 0.6 is 0 Å². The van der Waals surface area contributed by atoms with Crippen LogP contribution in [-0.2, 0) is 0 Å².